The molecule has 1 aliphatic heterocycles. The minimum absolute atomic E-state index is 0.0901. The van der Waals surface area contributed by atoms with Crippen LogP contribution in [0.4, 0.5) is 13.2 Å². The topological polar surface area (TPSA) is 56.7 Å². The fourth-order valence-corrected chi connectivity index (χ4v) is 3.76. The number of nitrogens with zero attached hydrogens (tertiary/aromatic N) is 2. The summed E-state index contributed by atoms with van der Waals surface area (Å²) in [5.74, 6) is 0.0901. The summed E-state index contributed by atoms with van der Waals surface area (Å²) in [6, 6.07) is -0.277. The maximum absolute atomic E-state index is 13.3. The molecule has 1 atom stereocenters. The number of hydrogen-bond acceptors (Lipinski definition) is 4. The van der Waals surface area contributed by atoms with Gasteiger partial charge in [-0.3, -0.25) is 10.2 Å². The number of carbonyl (C=O) groups excluding carboxylic acids is 1. The Labute approximate surface area is 165 Å². The number of hydrogen-bond donors (Lipinski definition) is 2. The van der Waals surface area contributed by atoms with E-state index in [0.29, 0.717) is 31.5 Å². The first-order valence-corrected chi connectivity index (χ1v) is 10.1. The van der Waals surface area contributed by atoms with Gasteiger partial charge in [-0.05, 0) is 31.3 Å². The van der Waals surface area contributed by atoms with Crippen molar-refractivity contribution in [1.82, 2.24) is 15.6 Å². The number of nitrogens with one attached hydrogen (secondary N) is 2. The van der Waals surface area contributed by atoms with Crippen molar-refractivity contribution in [3.8, 4) is 0 Å². The lowest BCUT2D eigenvalue weighted by Gasteiger charge is -2.24. The van der Waals surface area contributed by atoms with Gasteiger partial charge in [-0.15, -0.1) is 0 Å². The number of amides is 1. The van der Waals surface area contributed by atoms with Gasteiger partial charge in [0.05, 0.1) is 23.0 Å². The van der Waals surface area contributed by atoms with Crippen molar-refractivity contribution in [3.05, 3.63) is 23.4 Å². The van der Waals surface area contributed by atoms with Gasteiger partial charge in [0.15, 0.2) is 0 Å². The van der Waals surface area contributed by atoms with Crippen LogP contribution < -0.4 is 10.7 Å². The van der Waals surface area contributed by atoms with E-state index in [1.54, 1.807) is 0 Å². The third-order valence-electron chi connectivity index (χ3n) is 5.13. The second-order valence-corrected chi connectivity index (χ2v) is 7.32. The Balaban J connectivity index is 1.91. The molecule has 0 bridgehead atoms. The second-order valence-electron chi connectivity index (χ2n) is 7.32. The van der Waals surface area contributed by atoms with Crippen LogP contribution in [-0.4, -0.2) is 48.4 Å². The standard InChI is InChI=1S/C20H31F3N4O/c1-4-6-7-13-27(12-5-2)17(28)10-11-24-16-9-8-15-18(20(21,22)23)14(3)25-26-19(15)16/h16,24-25H,3-13H2,1-2H3. The third-order valence-corrected chi connectivity index (χ3v) is 5.13. The van der Waals surface area contributed by atoms with Crippen molar-refractivity contribution in [2.24, 2.45) is 5.10 Å². The summed E-state index contributed by atoms with van der Waals surface area (Å²) in [6.45, 7) is 9.54. The smallest absolute Gasteiger partial charge is 0.343 e. The highest BCUT2D eigenvalue weighted by molar-refractivity contribution is 6.08. The average molecular weight is 400 g/mol. The summed E-state index contributed by atoms with van der Waals surface area (Å²) >= 11 is 0. The monoisotopic (exact) mass is 400 g/mol. The molecule has 0 aromatic carbocycles. The van der Waals surface area contributed by atoms with Crippen molar-refractivity contribution in [3.63, 3.8) is 0 Å². The first kappa shape index (κ1) is 22.5. The van der Waals surface area contributed by atoms with Crippen molar-refractivity contribution < 1.29 is 18.0 Å². The highest BCUT2D eigenvalue weighted by Gasteiger charge is 2.44. The number of alkyl halides is 3. The minimum Gasteiger partial charge on any atom is -0.343 e. The molecule has 0 radical (unpaired) electrons. The molecule has 1 saturated carbocycles. The van der Waals surface area contributed by atoms with Gasteiger partial charge in [0.2, 0.25) is 5.91 Å². The van der Waals surface area contributed by atoms with Crippen LogP contribution in [0.15, 0.2) is 28.5 Å². The number of hydrazone groups is 1. The summed E-state index contributed by atoms with van der Waals surface area (Å²) in [5, 5.41) is 7.29. The van der Waals surface area contributed by atoms with Crippen LogP contribution in [0.25, 0.3) is 0 Å². The van der Waals surface area contributed by atoms with E-state index in [9.17, 15) is 18.0 Å². The highest BCUT2D eigenvalue weighted by atomic mass is 19.4. The second kappa shape index (κ2) is 10.1. The molecule has 5 nitrogen and oxygen atoms in total. The Morgan fingerprint density at radius 3 is 2.68 bits per heavy atom. The van der Waals surface area contributed by atoms with E-state index in [4.69, 9.17) is 0 Å². The predicted octanol–water partition coefficient (Wildman–Crippen LogP) is 3.89. The van der Waals surface area contributed by atoms with Gasteiger partial charge in [0, 0.05) is 26.1 Å². The van der Waals surface area contributed by atoms with Crippen molar-refractivity contribution in [2.45, 2.75) is 71.0 Å². The summed E-state index contributed by atoms with van der Waals surface area (Å²) in [6.07, 6.45) is 0.836. The highest BCUT2D eigenvalue weighted by Crippen LogP contribution is 2.39. The van der Waals surface area contributed by atoms with E-state index in [1.807, 2.05) is 11.8 Å². The zero-order valence-corrected chi connectivity index (χ0v) is 16.8. The maximum Gasteiger partial charge on any atom is 0.418 e. The van der Waals surface area contributed by atoms with Crippen LogP contribution in [0, 0.1) is 0 Å². The molecule has 0 spiro atoms. The zero-order chi connectivity index (χ0) is 20.7. The fraction of sp³-hybridized carbons (Fsp3) is 0.700. The molecular weight excluding hydrogens is 369 g/mol. The molecule has 0 aromatic rings. The molecule has 1 amide bonds. The molecule has 8 heteroatoms. The minimum atomic E-state index is -4.45. The van der Waals surface area contributed by atoms with Crippen LogP contribution >= 0.6 is 0 Å². The molecular formula is C20H31F3N4O. The van der Waals surface area contributed by atoms with Crippen molar-refractivity contribution in [2.75, 3.05) is 19.6 Å². The molecule has 1 fully saturated rings. The predicted molar refractivity (Wildman–Crippen MR) is 105 cm³/mol. The Kier molecular flexibility index (Phi) is 8.10. The van der Waals surface area contributed by atoms with E-state index >= 15 is 0 Å². The molecule has 1 unspecified atom stereocenters. The molecule has 1 aliphatic carbocycles. The summed E-state index contributed by atoms with van der Waals surface area (Å²) in [4.78, 5) is 14.4. The molecule has 2 aliphatic rings. The van der Waals surface area contributed by atoms with Crippen LogP contribution in [0.5, 0.6) is 0 Å². The van der Waals surface area contributed by atoms with Gasteiger partial charge < -0.3 is 10.2 Å². The van der Waals surface area contributed by atoms with Gasteiger partial charge in [-0.25, -0.2) is 0 Å². The maximum atomic E-state index is 13.3. The van der Waals surface area contributed by atoms with Crippen molar-refractivity contribution in [1.29, 1.82) is 0 Å². The molecule has 0 aromatic heterocycles. The zero-order valence-electron chi connectivity index (χ0n) is 16.8. The summed E-state index contributed by atoms with van der Waals surface area (Å²) in [7, 11) is 0. The van der Waals surface area contributed by atoms with Gasteiger partial charge in [0.25, 0.3) is 0 Å². The Morgan fingerprint density at radius 1 is 1.29 bits per heavy atom. The molecule has 28 heavy (non-hydrogen) atoms. The third kappa shape index (κ3) is 5.59. The fourth-order valence-electron chi connectivity index (χ4n) is 3.76. The molecule has 2 rings (SSSR count). The Hall–Kier alpha value is -1.83. The van der Waals surface area contributed by atoms with Crippen LogP contribution in [-0.2, 0) is 4.79 Å². The van der Waals surface area contributed by atoms with E-state index in [0.717, 1.165) is 38.8 Å². The van der Waals surface area contributed by atoms with E-state index in [-0.39, 0.29) is 23.2 Å². The lowest BCUT2D eigenvalue weighted by Crippen LogP contribution is -2.40. The number of unbranched alkanes of at least 4 members (excludes halogenated alkanes) is 2. The van der Waals surface area contributed by atoms with E-state index < -0.39 is 11.7 Å². The van der Waals surface area contributed by atoms with Gasteiger partial charge in [-0.2, -0.15) is 18.3 Å². The molecule has 0 saturated heterocycles. The average Bonchev–Trinajstić information content (AvgIpc) is 3.02. The number of fused-ring (bicyclic) bond motifs is 1. The van der Waals surface area contributed by atoms with E-state index in [1.165, 1.54) is 0 Å². The van der Waals surface area contributed by atoms with E-state index in [2.05, 4.69) is 29.3 Å². The van der Waals surface area contributed by atoms with Gasteiger partial charge >= 0.3 is 6.18 Å². The lowest BCUT2D eigenvalue weighted by molar-refractivity contribution is -0.131. The largest absolute Gasteiger partial charge is 0.418 e. The van der Waals surface area contributed by atoms with Crippen LogP contribution in [0.2, 0.25) is 0 Å². The first-order chi connectivity index (χ1) is 13.3. The Morgan fingerprint density at radius 2 is 2.04 bits per heavy atom. The molecule has 1 heterocycles. The van der Waals surface area contributed by atoms with Crippen LogP contribution in [0.3, 0.4) is 0 Å². The Bertz CT molecular complexity index is 640. The number of halogens is 3. The molecule has 2 N–H and O–H groups in total. The number of allylic oxidation sites excluding steroid dienone is 1. The molecule has 158 valence electrons. The lowest BCUT2D eigenvalue weighted by atomic mass is 10.0. The normalized spacial score (nSPS) is 19.4. The van der Waals surface area contributed by atoms with Crippen LogP contribution in [0.1, 0.15) is 58.8 Å². The number of carbonyl (C=O) groups is 1. The van der Waals surface area contributed by atoms with Gasteiger partial charge in [0.1, 0.15) is 0 Å². The summed E-state index contributed by atoms with van der Waals surface area (Å²) < 4.78 is 40.0. The van der Waals surface area contributed by atoms with Crippen molar-refractivity contribution >= 4 is 11.6 Å². The quantitative estimate of drug-likeness (QED) is 0.547. The number of rotatable bonds is 10. The van der Waals surface area contributed by atoms with Gasteiger partial charge in [-0.1, -0.05) is 33.3 Å². The summed E-state index contributed by atoms with van der Waals surface area (Å²) in [5.41, 5.74) is 2.10. The first-order valence-electron chi connectivity index (χ1n) is 10.1. The SMILES string of the molecule is C=C1NN=C2C(=C1C(F)(F)F)CCC2NCCC(=O)N(CCC)CCCCC.